The van der Waals surface area contributed by atoms with Crippen LogP contribution in [0, 0.1) is 13.8 Å². The van der Waals surface area contributed by atoms with Gasteiger partial charge in [0, 0.05) is 25.5 Å². The summed E-state index contributed by atoms with van der Waals surface area (Å²) in [5.74, 6) is -1.67. The number of carbonyl (C=O) groups excluding carboxylic acids is 2. The summed E-state index contributed by atoms with van der Waals surface area (Å²) >= 11 is 0. The van der Waals surface area contributed by atoms with Crippen LogP contribution in [0.2, 0.25) is 0 Å². The molecule has 0 unspecified atom stereocenters. The number of sulfone groups is 1. The van der Waals surface area contributed by atoms with Gasteiger partial charge in [0.05, 0.1) is 4.90 Å². The zero-order valence-electron chi connectivity index (χ0n) is 15.5. The molecule has 1 heterocycles. The lowest BCUT2D eigenvalue weighted by Crippen LogP contribution is -2.42. The second-order valence-corrected chi connectivity index (χ2v) is 8.26. The maximum absolute atomic E-state index is 13.3. The van der Waals surface area contributed by atoms with Gasteiger partial charge in [-0.1, -0.05) is 18.2 Å². The molecule has 0 spiro atoms. The third-order valence-corrected chi connectivity index (χ3v) is 6.31. The van der Waals surface area contributed by atoms with Crippen LogP contribution >= 0.6 is 0 Å². The van der Waals surface area contributed by atoms with E-state index in [1.54, 1.807) is 44.3 Å². The Balaban J connectivity index is 2.40. The lowest BCUT2D eigenvalue weighted by atomic mass is 10.2. The molecule has 0 aliphatic rings. The Morgan fingerprint density at radius 1 is 1.11 bits per heavy atom. The molecule has 0 aliphatic carbocycles. The average Bonchev–Trinajstić information content (AvgIpc) is 2.64. The van der Waals surface area contributed by atoms with Crippen molar-refractivity contribution in [3.63, 3.8) is 0 Å². The fraction of sp³-hybridized carbons (Fsp3) is 0.316. The van der Waals surface area contributed by atoms with Crippen LogP contribution in [0.1, 0.15) is 28.9 Å². The molecule has 27 heavy (non-hydrogen) atoms. The molecule has 0 bridgehead atoms. The molecule has 1 aromatic carbocycles. The van der Waals surface area contributed by atoms with Crippen molar-refractivity contribution in [3.05, 3.63) is 59.4 Å². The number of nitrogens with zero attached hydrogens (tertiary/aromatic N) is 1. The highest BCUT2D eigenvalue weighted by molar-refractivity contribution is 7.91. The van der Waals surface area contributed by atoms with Gasteiger partial charge in [0.15, 0.2) is 9.84 Å². The van der Waals surface area contributed by atoms with E-state index >= 15 is 0 Å². The van der Waals surface area contributed by atoms with E-state index in [0.29, 0.717) is 17.7 Å². The SMILES string of the molecule is CCNC(=O)C(=O)NC[C@@H](c1cccnc1)S(=O)(=O)c1cc(C)ccc1C. The Kier molecular flexibility index (Phi) is 6.68. The van der Waals surface area contributed by atoms with Gasteiger partial charge in [0.25, 0.3) is 0 Å². The van der Waals surface area contributed by atoms with Crippen LogP contribution in [0.3, 0.4) is 0 Å². The van der Waals surface area contributed by atoms with Crippen LogP contribution in [-0.2, 0) is 19.4 Å². The lowest BCUT2D eigenvalue weighted by Gasteiger charge is -2.20. The van der Waals surface area contributed by atoms with Crippen molar-refractivity contribution in [2.45, 2.75) is 30.9 Å². The van der Waals surface area contributed by atoms with Crippen molar-refractivity contribution in [1.29, 1.82) is 0 Å². The van der Waals surface area contributed by atoms with Gasteiger partial charge < -0.3 is 10.6 Å². The molecule has 1 aromatic heterocycles. The molecule has 144 valence electrons. The molecule has 0 radical (unpaired) electrons. The van der Waals surface area contributed by atoms with Gasteiger partial charge in [0.1, 0.15) is 5.25 Å². The van der Waals surface area contributed by atoms with Crippen LogP contribution in [0.5, 0.6) is 0 Å². The maximum atomic E-state index is 13.3. The summed E-state index contributed by atoms with van der Waals surface area (Å²) in [6.45, 7) is 5.29. The van der Waals surface area contributed by atoms with E-state index in [1.807, 2.05) is 13.0 Å². The maximum Gasteiger partial charge on any atom is 0.309 e. The topological polar surface area (TPSA) is 105 Å². The molecule has 8 heteroatoms. The predicted molar refractivity (Wildman–Crippen MR) is 102 cm³/mol. The highest BCUT2D eigenvalue weighted by atomic mass is 32.2. The number of benzene rings is 1. The van der Waals surface area contributed by atoms with Crippen molar-refractivity contribution in [3.8, 4) is 0 Å². The number of carbonyl (C=O) groups is 2. The van der Waals surface area contributed by atoms with E-state index in [1.165, 1.54) is 6.20 Å². The summed E-state index contributed by atoms with van der Waals surface area (Å²) in [6.07, 6.45) is 2.99. The van der Waals surface area contributed by atoms with Crippen LogP contribution in [0.4, 0.5) is 0 Å². The number of aryl methyl sites for hydroxylation is 2. The first-order chi connectivity index (χ1) is 12.8. The van der Waals surface area contributed by atoms with E-state index in [9.17, 15) is 18.0 Å². The van der Waals surface area contributed by atoms with E-state index in [-0.39, 0.29) is 11.4 Å². The minimum absolute atomic E-state index is 0.198. The zero-order chi connectivity index (χ0) is 20.0. The fourth-order valence-electron chi connectivity index (χ4n) is 2.65. The molecule has 2 rings (SSSR count). The van der Waals surface area contributed by atoms with Crippen molar-refractivity contribution in [2.75, 3.05) is 13.1 Å². The number of likely N-dealkylation sites (N-methyl/N-ethyl adjacent to an activating group) is 1. The summed E-state index contributed by atoms with van der Waals surface area (Å²) in [5.41, 5.74) is 1.87. The number of aromatic nitrogens is 1. The number of hydrogen-bond donors (Lipinski definition) is 2. The second-order valence-electron chi connectivity index (χ2n) is 6.16. The van der Waals surface area contributed by atoms with Crippen LogP contribution < -0.4 is 10.6 Å². The molecule has 2 aromatic rings. The first-order valence-corrected chi connectivity index (χ1v) is 10.1. The minimum Gasteiger partial charge on any atom is -0.348 e. The lowest BCUT2D eigenvalue weighted by molar-refractivity contribution is -0.139. The molecule has 1 atom stereocenters. The summed E-state index contributed by atoms with van der Waals surface area (Å²) in [4.78, 5) is 27.7. The van der Waals surface area contributed by atoms with Gasteiger partial charge in [0.2, 0.25) is 0 Å². The van der Waals surface area contributed by atoms with E-state index in [0.717, 1.165) is 5.56 Å². The molecular weight excluding hydrogens is 366 g/mol. The van der Waals surface area contributed by atoms with Crippen molar-refractivity contribution in [1.82, 2.24) is 15.6 Å². The van der Waals surface area contributed by atoms with Gasteiger partial charge in [-0.15, -0.1) is 0 Å². The Hall–Kier alpha value is -2.74. The first-order valence-electron chi connectivity index (χ1n) is 8.54. The fourth-order valence-corrected chi connectivity index (χ4v) is 4.62. The second kappa shape index (κ2) is 8.77. The molecule has 0 saturated heterocycles. The number of rotatable bonds is 6. The third-order valence-electron chi connectivity index (χ3n) is 4.07. The van der Waals surface area contributed by atoms with Crippen LogP contribution in [-0.4, -0.2) is 38.3 Å². The Labute approximate surface area is 159 Å². The minimum atomic E-state index is -3.83. The summed E-state index contributed by atoms with van der Waals surface area (Å²) in [6, 6.07) is 8.46. The van der Waals surface area contributed by atoms with Gasteiger partial charge in [-0.25, -0.2) is 8.42 Å². The quantitative estimate of drug-likeness (QED) is 0.728. The molecular formula is C19H23N3O4S. The molecule has 0 saturated carbocycles. The van der Waals surface area contributed by atoms with Gasteiger partial charge in [-0.05, 0) is 49.6 Å². The molecule has 0 fully saturated rings. The van der Waals surface area contributed by atoms with E-state index in [2.05, 4.69) is 15.6 Å². The number of hydrogen-bond acceptors (Lipinski definition) is 5. The summed E-state index contributed by atoms with van der Waals surface area (Å²) in [5, 5.41) is 3.74. The Morgan fingerprint density at radius 2 is 1.81 bits per heavy atom. The molecule has 0 aliphatic heterocycles. The Bertz CT molecular complexity index is 927. The van der Waals surface area contributed by atoms with Crippen LogP contribution in [0.25, 0.3) is 0 Å². The summed E-state index contributed by atoms with van der Waals surface area (Å²) in [7, 11) is -3.83. The van der Waals surface area contributed by atoms with E-state index < -0.39 is 26.9 Å². The number of nitrogens with one attached hydrogen (secondary N) is 2. The highest BCUT2D eigenvalue weighted by Gasteiger charge is 2.31. The zero-order valence-corrected chi connectivity index (χ0v) is 16.3. The van der Waals surface area contributed by atoms with Gasteiger partial charge in [-0.2, -0.15) is 0 Å². The number of amides is 2. The predicted octanol–water partition coefficient (Wildman–Crippen LogP) is 1.47. The highest BCUT2D eigenvalue weighted by Crippen LogP contribution is 2.30. The summed E-state index contributed by atoms with van der Waals surface area (Å²) < 4.78 is 26.7. The van der Waals surface area contributed by atoms with E-state index in [4.69, 9.17) is 0 Å². The van der Waals surface area contributed by atoms with Crippen molar-refractivity contribution in [2.24, 2.45) is 0 Å². The van der Waals surface area contributed by atoms with Crippen molar-refractivity contribution >= 4 is 21.7 Å². The first kappa shape index (κ1) is 20.6. The van der Waals surface area contributed by atoms with Gasteiger partial charge >= 0.3 is 11.8 Å². The standard InChI is InChI=1S/C19H23N3O4S/c1-4-21-18(23)19(24)22-12-17(15-6-5-9-20-11-15)27(25,26)16-10-13(2)7-8-14(16)3/h5-11,17H,4,12H2,1-3H3,(H,21,23)(H,22,24)/t17-/m0/s1. The Morgan fingerprint density at radius 3 is 2.44 bits per heavy atom. The molecule has 2 amide bonds. The largest absolute Gasteiger partial charge is 0.348 e. The normalized spacial score (nSPS) is 12.3. The van der Waals surface area contributed by atoms with Crippen LogP contribution in [0.15, 0.2) is 47.6 Å². The molecule has 2 N–H and O–H groups in total. The molecule has 7 nitrogen and oxygen atoms in total. The third kappa shape index (κ3) is 4.91. The van der Waals surface area contributed by atoms with Gasteiger partial charge in [-0.3, -0.25) is 14.6 Å². The average molecular weight is 389 g/mol. The monoisotopic (exact) mass is 389 g/mol. The number of pyridine rings is 1. The smallest absolute Gasteiger partial charge is 0.309 e. The van der Waals surface area contributed by atoms with Crippen molar-refractivity contribution < 1.29 is 18.0 Å².